The summed E-state index contributed by atoms with van der Waals surface area (Å²) in [6.07, 6.45) is 3.89. The fourth-order valence-electron chi connectivity index (χ4n) is 3.15. The highest BCUT2D eigenvalue weighted by Gasteiger charge is 2.08. The molecule has 2 aromatic heterocycles. The molecule has 4 aromatic rings. The number of benzene rings is 2. The molecule has 0 bridgehead atoms. The van der Waals surface area contributed by atoms with Crippen molar-refractivity contribution in [2.45, 2.75) is 26.4 Å². The van der Waals surface area contributed by atoms with Gasteiger partial charge >= 0.3 is 0 Å². The molecule has 28 heavy (non-hydrogen) atoms. The number of fused-ring (bicyclic) bond motifs is 1. The molecule has 0 aliphatic carbocycles. The number of amides is 1. The van der Waals surface area contributed by atoms with Gasteiger partial charge in [0, 0.05) is 31.4 Å². The number of nitrogens with one attached hydrogen (secondary N) is 1. The molecular weight excluding hydrogens is 374 g/mol. The second-order valence-electron chi connectivity index (χ2n) is 6.66. The van der Waals surface area contributed by atoms with Crippen LogP contribution in [0.2, 0.25) is 5.02 Å². The molecule has 2 heterocycles. The van der Waals surface area contributed by atoms with Crippen LogP contribution in [0.15, 0.2) is 60.9 Å². The Morgan fingerprint density at radius 2 is 1.89 bits per heavy atom. The van der Waals surface area contributed by atoms with Gasteiger partial charge in [0.15, 0.2) is 5.82 Å². The molecule has 0 saturated carbocycles. The molecule has 0 fully saturated rings. The summed E-state index contributed by atoms with van der Waals surface area (Å²) in [5, 5.41) is 14.6. The van der Waals surface area contributed by atoms with Crippen molar-refractivity contribution >= 4 is 34.1 Å². The van der Waals surface area contributed by atoms with Gasteiger partial charge in [-0.1, -0.05) is 54.1 Å². The molecule has 7 heteroatoms. The van der Waals surface area contributed by atoms with Crippen molar-refractivity contribution in [2.24, 2.45) is 0 Å². The lowest BCUT2D eigenvalue weighted by molar-refractivity contribution is -0.116. The Kier molecular flexibility index (Phi) is 5.12. The lowest BCUT2D eigenvalue weighted by atomic mass is 10.0. The quantitative estimate of drug-likeness (QED) is 0.532. The zero-order valence-corrected chi connectivity index (χ0v) is 16.2. The van der Waals surface area contributed by atoms with E-state index in [9.17, 15) is 4.79 Å². The third-order valence-electron chi connectivity index (χ3n) is 4.57. The van der Waals surface area contributed by atoms with Crippen LogP contribution >= 0.6 is 11.6 Å². The summed E-state index contributed by atoms with van der Waals surface area (Å²) >= 11 is 5.98. The maximum Gasteiger partial charge on any atom is 0.227 e. The summed E-state index contributed by atoms with van der Waals surface area (Å²) in [7, 11) is 0. The number of rotatable bonds is 6. The molecule has 0 radical (unpaired) electrons. The monoisotopic (exact) mass is 393 g/mol. The van der Waals surface area contributed by atoms with Crippen molar-refractivity contribution < 1.29 is 4.79 Å². The molecule has 4 rings (SSSR count). The molecule has 1 amide bonds. The van der Waals surface area contributed by atoms with Crippen LogP contribution in [0.5, 0.6) is 0 Å². The lowest BCUT2D eigenvalue weighted by Crippen LogP contribution is -2.15. The molecule has 142 valence electrons. The first-order valence-corrected chi connectivity index (χ1v) is 9.46. The number of hydrogen-bond donors (Lipinski definition) is 1. The minimum absolute atomic E-state index is 0.111. The summed E-state index contributed by atoms with van der Waals surface area (Å²) in [5.74, 6) is 0.430. The SMILES string of the molecule is Cc1nn(CCC(=O)Nc2ccn(Cc3cccc4ccccc34)n2)cc1Cl. The second kappa shape index (κ2) is 7.86. The molecular formula is C21H20ClN5O. The van der Waals surface area contributed by atoms with Crippen LogP contribution < -0.4 is 5.32 Å². The van der Waals surface area contributed by atoms with Gasteiger partial charge in [-0.25, -0.2) is 0 Å². The fraction of sp³-hybridized carbons (Fsp3) is 0.190. The average Bonchev–Trinajstić information content (AvgIpc) is 3.26. The predicted molar refractivity (Wildman–Crippen MR) is 110 cm³/mol. The molecule has 0 aliphatic rings. The van der Waals surface area contributed by atoms with Crippen molar-refractivity contribution in [3.8, 4) is 0 Å². The molecule has 1 N–H and O–H groups in total. The van der Waals surface area contributed by atoms with E-state index in [0.29, 0.717) is 30.4 Å². The Balaban J connectivity index is 1.38. The number of carbonyl (C=O) groups excluding carboxylic acids is 1. The van der Waals surface area contributed by atoms with E-state index in [1.807, 2.05) is 36.0 Å². The van der Waals surface area contributed by atoms with Gasteiger partial charge in [0.05, 0.1) is 17.3 Å². The van der Waals surface area contributed by atoms with E-state index in [4.69, 9.17) is 11.6 Å². The van der Waals surface area contributed by atoms with E-state index < -0.39 is 0 Å². The zero-order valence-electron chi connectivity index (χ0n) is 15.5. The maximum atomic E-state index is 12.2. The predicted octanol–water partition coefficient (Wildman–Crippen LogP) is 4.27. The molecule has 0 saturated heterocycles. The fourth-order valence-corrected chi connectivity index (χ4v) is 3.30. The van der Waals surface area contributed by atoms with E-state index in [1.165, 1.54) is 16.3 Å². The normalized spacial score (nSPS) is 11.1. The Hall–Kier alpha value is -3.12. The largest absolute Gasteiger partial charge is 0.309 e. The van der Waals surface area contributed by atoms with Gasteiger partial charge in [0.1, 0.15) is 0 Å². The van der Waals surface area contributed by atoms with Crippen LogP contribution in [0.3, 0.4) is 0 Å². The van der Waals surface area contributed by atoms with Gasteiger partial charge in [-0.15, -0.1) is 0 Å². The van der Waals surface area contributed by atoms with Gasteiger partial charge in [-0.3, -0.25) is 14.2 Å². The van der Waals surface area contributed by atoms with Crippen LogP contribution in [0, 0.1) is 6.92 Å². The van der Waals surface area contributed by atoms with E-state index in [1.54, 1.807) is 16.9 Å². The van der Waals surface area contributed by atoms with Crippen LogP contribution in [0.4, 0.5) is 5.82 Å². The van der Waals surface area contributed by atoms with Crippen LogP contribution in [-0.4, -0.2) is 25.5 Å². The third-order valence-corrected chi connectivity index (χ3v) is 4.95. The van der Waals surface area contributed by atoms with Crippen molar-refractivity contribution in [2.75, 3.05) is 5.32 Å². The highest BCUT2D eigenvalue weighted by atomic mass is 35.5. The van der Waals surface area contributed by atoms with E-state index >= 15 is 0 Å². The highest BCUT2D eigenvalue weighted by Crippen LogP contribution is 2.19. The molecule has 0 atom stereocenters. The number of aromatic nitrogens is 4. The maximum absolute atomic E-state index is 12.2. The second-order valence-corrected chi connectivity index (χ2v) is 7.07. The van der Waals surface area contributed by atoms with Gasteiger partial charge in [-0.2, -0.15) is 10.2 Å². The Morgan fingerprint density at radius 1 is 1.07 bits per heavy atom. The average molecular weight is 394 g/mol. The minimum Gasteiger partial charge on any atom is -0.309 e. The number of anilines is 1. The summed E-state index contributed by atoms with van der Waals surface area (Å²) in [6.45, 7) is 2.94. The first kappa shape index (κ1) is 18.3. The number of nitrogens with zero attached hydrogens (tertiary/aromatic N) is 4. The van der Waals surface area contributed by atoms with Crippen molar-refractivity contribution in [1.29, 1.82) is 0 Å². The molecule has 6 nitrogen and oxygen atoms in total. The Bertz CT molecular complexity index is 1110. The Morgan fingerprint density at radius 3 is 2.71 bits per heavy atom. The number of aryl methyl sites for hydroxylation is 2. The minimum atomic E-state index is -0.111. The third kappa shape index (κ3) is 4.07. The summed E-state index contributed by atoms with van der Waals surface area (Å²) < 4.78 is 3.50. The number of carbonyl (C=O) groups is 1. The smallest absolute Gasteiger partial charge is 0.227 e. The molecule has 0 unspecified atom stereocenters. The standard InChI is InChI=1S/C21H20ClN5O/c1-15-19(22)14-27(24-15)12-10-21(28)23-20-9-11-26(25-20)13-17-7-4-6-16-5-2-3-8-18(16)17/h2-9,11,14H,10,12-13H2,1H3,(H,23,25,28). The first-order valence-electron chi connectivity index (χ1n) is 9.08. The molecule has 2 aromatic carbocycles. The summed E-state index contributed by atoms with van der Waals surface area (Å²) in [5.41, 5.74) is 1.94. The molecule has 0 spiro atoms. The van der Waals surface area contributed by atoms with Gasteiger partial charge in [0.2, 0.25) is 5.91 Å². The Labute approximate surface area is 167 Å². The van der Waals surface area contributed by atoms with E-state index in [0.717, 1.165) is 5.69 Å². The van der Waals surface area contributed by atoms with Crippen molar-refractivity contribution in [3.05, 3.63) is 77.2 Å². The number of hydrogen-bond acceptors (Lipinski definition) is 3. The van der Waals surface area contributed by atoms with Crippen molar-refractivity contribution in [3.63, 3.8) is 0 Å². The van der Waals surface area contributed by atoms with Gasteiger partial charge in [-0.05, 0) is 23.3 Å². The molecule has 0 aliphatic heterocycles. The van der Waals surface area contributed by atoms with E-state index in [2.05, 4.69) is 39.8 Å². The van der Waals surface area contributed by atoms with Crippen LogP contribution in [-0.2, 0) is 17.9 Å². The van der Waals surface area contributed by atoms with Crippen molar-refractivity contribution in [1.82, 2.24) is 19.6 Å². The lowest BCUT2D eigenvalue weighted by Gasteiger charge is -2.07. The van der Waals surface area contributed by atoms with Crippen LogP contribution in [0.25, 0.3) is 10.8 Å². The summed E-state index contributed by atoms with van der Waals surface area (Å²) in [4.78, 5) is 12.2. The first-order chi connectivity index (χ1) is 13.6. The van der Waals surface area contributed by atoms with Gasteiger partial charge in [0.25, 0.3) is 0 Å². The topological polar surface area (TPSA) is 64.7 Å². The highest BCUT2D eigenvalue weighted by molar-refractivity contribution is 6.31. The van der Waals surface area contributed by atoms with Gasteiger partial charge < -0.3 is 5.32 Å². The summed E-state index contributed by atoms with van der Waals surface area (Å²) in [6, 6.07) is 16.3. The van der Waals surface area contributed by atoms with Crippen LogP contribution in [0.1, 0.15) is 17.7 Å². The number of halogens is 1. The van der Waals surface area contributed by atoms with E-state index in [-0.39, 0.29) is 5.91 Å². The zero-order chi connectivity index (χ0) is 19.5.